The van der Waals surface area contributed by atoms with Gasteiger partial charge in [0, 0.05) is 67.6 Å². The van der Waals surface area contributed by atoms with Gasteiger partial charge in [0.05, 0.1) is 36.1 Å². The number of aromatic nitrogens is 1. The van der Waals surface area contributed by atoms with E-state index in [-0.39, 0.29) is 47.1 Å². The second-order valence-electron chi connectivity index (χ2n) is 16.6. The summed E-state index contributed by atoms with van der Waals surface area (Å²) in [5.74, 6) is 0.326. The fourth-order valence-corrected chi connectivity index (χ4v) is 11.5. The first-order valence-electron chi connectivity index (χ1n) is 19.0. The monoisotopic (exact) mass is 729 g/mol. The van der Waals surface area contributed by atoms with Crippen molar-refractivity contribution in [2.45, 2.75) is 89.8 Å². The van der Waals surface area contributed by atoms with E-state index in [2.05, 4.69) is 38.3 Å². The van der Waals surface area contributed by atoms with Crippen molar-refractivity contribution in [2.75, 3.05) is 46.1 Å². The van der Waals surface area contributed by atoms with Crippen molar-refractivity contribution >= 4 is 38.6 Å². The average Bonchev–Trinajstić information content (AvgIpc) is 3.76. The van der Waals surface area contributed by atoms with Gasteiger partial charge in [-0.1, -0.05) is 39.2 Å². The number of amides is 3. The van der Waals surface area contributed by atoms with Crippen molar-refractivity contribution in [3.63, 3.8) is 0 Å². The molecule has 2 saturated heterocycles. The van der Waals surface area contributed by atoms with Gasteiger partial charge in [-0.3, -0.25) is 14.4 Å². The quantitative estimate of drug-likeness (QED) is 0.366. The Bertz CT molecular complexity index is 2050. The number of nitrogens with one attached hydrogen (secondary N) is 1. The zero-order chi connectivity index (χ0) is 36.7. The van der Waals surface area contributed by atoms with Crippen LogP contribution < -0.4 is 9.46 Å². The van der Waals surface area contributed by atoms with Crippen LogP contribution in [0, 0.1) is 11.3 Å². The predicted octanol–water partition coefficient (Wildman–Crippen LogP) is 4.94. The number of hydrogen-bond donors (Lipinski definition) is 1. The molecule has 0 radical (unpaired) electrons. The minimum Gasteiger partial charge on any atom is -0.497 e. The van der Waals surface area contributed by atoms with E-state index in [0.29, 0.717) is 45.1 Å². The number of benzene rings is 2. The number of hydrogen-bond acceptors (Lipinski definition) is 7. The minimum absolute atomic E-state index is 0.0174. The number of likely N-dealkylation sites (N-methyl/N-ethyl adjacent to an activating group) is 1. The third kappa shape index (κ3) is 5.90. The van der Waals surface area contributed by atoms with E-state index in [9.17, 15) is 18.0 Å². The number of fused-ring (bicyclic) bond motifs is 9. The molecule has 5 aliphatic rings. The molecule has 11 nitrogen and oxygen atoms in total. The molecule has 8 rings (SSSR count). The third-order valence-electron chi connectivity index (χ3n) is 12.4. The van der Waals surface area contributed by atoms with Gasteiger partial charge < -0.3 is 24.0 Å². The zero-order valence-corrected chi connectivity index (χ0v) is 31.8. The summed E-state index contributed by atoms with van der Waals surface area (Å²) in [5.41, 5.74) is 5.00. The molecule has 4 atom stereocenters. The van der Waals surface area contributed by atoms with Crippen LogP contribution in [0.4, 0.5) is 0 Å². The molecule has 3 aromatic rings. The fraction of sp³-hybridized carbons (Fsp3) is 0.575. The van der Waals surface area contributed by atoms with Crippen molar-refractivity contribution < 1.29 is 27.5 Å². The largest absolute Gasteiger partial charge is 0.497 e. The third-order valence-corrected chi connectivity index (χ3v) is 14.0. The lowest BCUT2D eigenvalue weighted by atomic mass is 9.81. The molecule has 52 heavy (non-hydrogen) atoms. The Hall–Kier alpha value is -3.90. The number of nitrogens with zero attached hydrogens (tertiary/aromatic N) is 4. The molecule has 12 heteroatoms. The average molecular weight is 730 g/mol. The second-order valence-corrected chi connectivity index (χ2v) is 18.3. The van der Waals surface area contributed by atoms with E-state index in [4.69, 9.17) is 4.74 Å². The highest BCUT2D eigenvalue weighted by molar-refractivity contribution is 7.90. The van der Waals surface area contributed by atoms with Crippen LogP contribution in [-0.4, -0.2) is 104 Å². The van der Waals surface area contributed by atoms with Gasteiger partial charge in [0.15, 0.2) is 0 Å². The molecule has 0 spiro atoms. The lowest BCUT2D eigenvalue weighted by Gasteiger charge is -2.53. The highest BCUT2D eigenvalue weighted by atomic mass is 32.2. The highest BCUT2D eigenvalue weighted by Gasteiger charge is 2.65. The lowest BCUT2D eigenvalue weighted by molar-refractivity contribution is -0.157. The Morgan fingerprint density at radius 1 is 0.981 bits per heavy atom. The molecular formula is C40H51N5O6S. The van der Waals surface area contributed by atoms with Crippen LogP contribution in [0.2, 0.25) is 0 Å². The topological polar surface area (TPSA) is 121 Å². The Morgan fingerprint density at radius 3 is 2.35 bits per heavy atom. The van der Waals surface area contributed by atoms with Crippen molar-refractivity contribution in [1.82, 2.24) is 24.0 Å². The van der Waals surface area contributed by atoms with Crippen LogP contribution >= 0.6 is 0 Å². The van der Waals surface area contributed by atoms with Gasteiger partial charge in [-0.2, -0.15) is 0 Å². The standard InChI is InChI=1S/C40H51N5O6S/c1-24(2)22-52(49,50)41-38(47)27-11-13-32-35(15-27)44-23-40(39(48)45-28-18-42(4)19-29(45)21-43(20-28)25(3)46)17-34(40)33-16-30(51-5)12-14-31(33)37(44)36(32)26-9-7-6-8-10-26/h11-16,24,26,28-29,34H,6-10,17-23H2,1-5H3,(H,41,47). The van der Waals surface area contributed by atoms with Crippen LogP contribution in [0.1, 0.15) is 92.6 Å². The molecule has 2 saturated carbocycles. The number of carbonyl (C=O) groups is 3. The van der Waals surface area contributed by atoms with Gasteiger partial charge in [-0.25, -0.2) is 13.1 Å². The van der Waals surface area contributed by atoms with E-state index in [0.717, 1.165) is 59.2 Å². The Morgan fingerprint density at radius 2 is 1.69 bits per heavy atom. The summed E-state index contributed by atoms with van der Waals surface area (Å²) in [4.78, 5) is 47.7. The summed E-state index contributed by atoms with van der Waals surface area (Å²) in [6.45, 7) is 8.14. The van der Waals surface area contributed by atoms with E-state index >= 15 is 4.79 Å². The maximum atomic E-state index is 15.3. The molecule has 1 N–H and O–H groups in total. The van der Waals surface area contributed by atoms with Gasteiger partial charge in [-0.15, -0.1) is 0 Å². The van der Waals surface area contributed by atoms with Gasteiger partial charge in [-0.05, 0) is 79.6 Å². The van der Waals surface area contributed by atoms with Crippen LogP contribution in [0.25, 0.3) is 22.2 Å². The Balaban J connectivity index is 1.29. The van der Waals surface area contributed by atoms with Crippen molar-refractivity contribution in [2.24, 2.45) is 11.3 Å². The van der Waals surface area contributed by atoms with Crippen molar-refractivity contribution in [3.05, 3.63) is 53.1 Å². The number of sulfonamides is 1. The summed E-state index contributed by atoms with van der Waals surface area (Å²) in [7, 11) is -0.0533. The molecule has 3 amide bonds. The number of rotatable bonds is 7. The van der Waals surface area contributed by atoms with E-state index in [1.807, 2.05) is 36.9 Å². The molecule has 1 aromatic heterocycles. The summed E-state index contributed by atoms with van der Waals surface area (Å²) in [5, 5.41) is 1.06. The zero-order valence-electron chi connectivity index (χ0n) is 31.0. The summed E-state index contributed by atoms with van der Waals surface area (Å²) >= 11 is 0. The van der Waals surface area contributed by atoms with Crippen molar-refractivity contribution in [1.29, 1.82) is 0 Å². The first kappa shape index (κ1) is 35.1. The molecule has 4 heterocycles. The first-order valence-corrected chi connectivity index (χ1v) is 20.6. The van der Waals surface area contributed by atoms with Crippen LogP contribution in [0.5, 0.6) is 5.75 Å². The highest BCUT2D eigenvalue weighted by Crippen LogP contribution is 2.66. The minimum atomic E-state index is -3.82. The van der Waals surface area contributed by atoms with Crippen LogP contribution in [0.3, 0.4) is 0 Å². The number of methoxy groups -OCH3 is 1. The molecule has 2 aliphatic carbocycles. The van der Waals surface area contributed by atoms with E-state index < -0.39 is 21.3 Å². The van der Waals surface area contributed by atoms with Crippen LogP contribution in [0.15, 0.2) is 36.4 Å². The van der Waals surface area contributed by atoms with Crippen molar-refractivity contribution in [3.8, 4) is 17.0 Å². The Labute approximate surface area is 306 Å². The fourth-order valence-electron chi connectivity index (χ4n) is 10.1. The van der Waals surface area contributed by atoms with Gasteiger partial charge >= 0.3 is 0 Å². The first-order chi connectivity index (χ1) is 24.8. The molecule has 3 aliphatic heterocycles. The number of ether oxygens (including phenoxy) is 1. The number of piperazine rings is 2. The second kappa shape index (κ2) is 12.9. The van der Waals surface area contributed by atoms with Gasteiger partial charge in [0.1, 0.15) is 5.75 Å². The lowest BCUT2D eigenvalue weighted by Crippen LogP contribution is -2.70. The maximum absolute atomic E-state index is 15.3. The van der Waals surface area contributed by atoms with Gasteiger partial charge in [0.2, 0.25) is 21.8 Å². The predicted molar refractivity (Wildman–Crippen MR) is 200 cm³/mol. The Kier molecular flexibility index (Phi) is 8.72. The normalized spacial score (nSPS) is 26.0. The molecule has 4 fully saturated rings. The molecule has 278 valence electrons. The number of carbonyl (C=O) groups excluding carboxylic acids is 3. The molecule has 2 aromatic carbocycles. The summed E-state index contributed by atoms with van der Waals surface area (Å²) in [6, 6.07) is 11.6. The molecule has 4 unspecified atom stereocenters. The SMILES string of the molecule is COc1ccc2c(c1)C1CC1(C(=O)N1C3CN(C)CC1CN(C(C)=O)C3)Cn1c-2c(C2CCCCC2)c2ccc(C(=O)NS(=O)(=O)CC(C)C)cc21. The smallest absolute Gasteiger partial charge is 0.264 e. The summed E-state index contributed by atoms with van der Waals surface area (Å²) < 4.78 is 36.0. The van der Waals surface area contributed by atoms with E-state index in [1.54, 1.807) is 20.1 Å². The molecular weight excluding hydrogens is 679 g/mol. The van der Waals surface area contributed by atoms with E-state index in [1.165, 1.54) is 12.0 Å². The molecule has 2 bridgehead atoms. The van der Waals surface area contributed by atoms with Gasteiger partial charge in [0.25, 0.3) is 5.91 Å². The maximum Gasteiger partial charge on any atom is 0.264 e. The van der Waals surface area contributed by atoms with Crippen LogP contribution in [-0.2, 0) is 26.2 Å². The summed E-state index contributed by atoms with van der Waals surface area (Å²) in [6.07, 6.45) is 6.33.